The summed E-state index contributed by atoms with van der Waals surface area (Å²) >= 11 is 0. The van der Waals surface area contributed by atoms with Gasteiger partial charge in [-0.1, -0.05) is 0 Å². The number of aromatic amines is 1. The van der Waals surface area contributed by atoms with Crippen molar-refractivity contribution in [3.63, 3.8) is 0 Å². The van der Waals surface area contributed by atoms with Crippen molar-refractivity contribution in [2.75, 3.05) is 0 Å². The number of aromatic nitrogens is 3. The van der Waals surface area contributed by atoms with Gasteiger partial charge >= 0.3 is 5.97 Å². The van der Waals surface area contributed by atoms with Crippen LogP contribution in [0.1, 0.15) is 16.1 Å². The Balaban J connectivity index is 0.000000301. The molecule has 2 aromatic rings. The lowest BCUT2D eigenvalue weighted by molar-refractivity contribution is 0.0695. The number of rotatable bonds is 1. The Morgan fingerprint density at radius 2 is 2.11 bits per heavy atom. The summed E-state index contributed by atoms with van der Waals surface area (Å²) in [6, 6.07) is 3.14. The van der Waals surface area contributed by atoms with E-state index in [1.54, 1.807) is 37.9 Å². The highest BCUT2D eigenvalue weighted by Crippen LogP contribution is 2.01. The minimum Gasteiger partial charge on any atom is -0.478 e. The van der Waals surface area contributed by atoms with Gasteiger partial charge in [0.2, 0.25) is 4.91 Å². The molecule has 0 spiro atoms. The molecule has 0 radical (unpaired) electrons. The largest absolute Gasteiger partial charge is 0.478 e. The van der Waals surface area contributed by atoms with Crippen LogP contribution in [0, 0.1) is 18.0 Å². The minimum atomic E-state index is -0.925. The van der Waals surface area contributed by atoms with Crippen molar-refractivity contribution in [1.82, 2.24) is 19.9 Å². The molecule has 0 saturated carbocycles. The zero-order valence-electron chi connectivity index (χ0n) is 9.66. The normalized spacial score (nSPS) is 7.83. The van der Waals surface area contributed by atoms with E-state index in [1.165, 1.54) is 6.07 Å². The number of hydrogen-bond acceptors (Lipinski definition) is 5. The highest BCUT2D eigenvalue weighted by molar-refractivity contribution is 5.88. The molecule has 18 heavy (non-hydrogen) atoms. The number of nitrogens with one attached hydrogen (secondary N) is 3. The fraction of sp³-hybridized carbons (Fsp3) is 0.100. The second-order valence-corrected chi connectivity index (χ2v) is 2.81. The molecule has 0 aliphatic rings. The van der Waals surface area contributed by atoms with Crippen LogP contribution < -0.4 is 4.91 Å². The van der Waals surface area contributed by atoms with Crippen LogP contribution in [0.25, 0.3) is 0 Å². The van der Waals surface area contributed by atoms with Gasteiger partial charge in [-0.05, 0) is 19.1 Å². The molecule has 0 saturated heterocycles. The summed E-state index contributed by atoms with van der Waals surface area (Å²) in [5.41, 5.74) is 11.8. The van der Waals surface area contributed by atoms with Gasteiger partial charge in [0.15, 0.2) is 0 Å². The lowest BCUT2D eigenvalue weighted by Gasteiger charge is -1.95. The average molecular weight is 249 g/mol. The molecule has 0 bridgehead atoms. The molecule has 2 aromatic heterocycles. The highest BCUT2D eigenvalue weighted by atomic mass is 16.4. The Bertz CT molecular complexity index is 474. The summed E-state index contributed by atoms with van der Waals surface area (Å²) < 4.78 is 0. The first-order chi connectivity index (χ1) is 8.63. The smallest absolute Gasteiger partial charge is 0.337 e. The van der Waals surface area contributed by atoms with Gasteiger partial charge in [0.05, 0.1) is 17.6 Å². The molecule has 0 amide bonds. The number of imidazole rings is 1. The maximum Gasteiger partial charge on any atom is 0.337 e. The molecule has 8 heteroatoms. The zero-order valence-corrected chi connectivity index (χ0v) is 9.66. The zero-order chi connectivity index (χ0) is 13.8. The van der Waals surface area contributed by atoms with Crippen LogP contribution in [0.2, 0.25) is 0 Å². The quantitative estimate of drug-likeness (QED) is 0.450. The van der Waals surface area contributed by atoms with Gasteiger partial charge in [0.25, 0.3) is 0 Å². The summed E-state index contributed by atoms with van der Waals surface area (Å²) in [6.45, 7) is 1.67. The van der Waals surface area contributed by atoms with Crippen LogP contribution >= 0.6 is 0 Å². The molecule has 4 N–H and O–H groups in total. The number of aryl methyl sites for hydroxylation is 1. The third-order valence-electron chi connectivity index (χ3n) is 1.64. The molecule has 0 unspecified atom stereocenters. The number of carboxylic acid groups (broad SMARTS) is 1. The first-order valence-corrected chi connectivity index (χ1v) is 4.74. The molecule has 0 aliphatic carbocycles. The van der Waals surface area contributed by atoms with Crippen molar-refractivity contribution in [3.8, 4) is 0 Å². The summed E-state index contributed by atoms with van der Waals surface area (Å²) in [7, 11) is 0. The fourth-order valence-corrected chi connectivity index (χ4v) is 0.925. The topological polar surface area (TPSA) is 141 Å². The molecule has 0 atom stereocenters. The van der Waals surface area contributed by atoms with E-state index in [4.69, 9.17) is 16.2 Å². The lowest BCUT2D eigenvalue weighted by Crippen LogP contribution is -2.00. The van der Waals surface area contributed by atoms with Gasteiger partial charge in [-0.25, -0.2) is 9.78 Å². The van der Waals surface area contributed by atoms with Crippen molar-refractivity contribution in [2.45, 2.75) is 6.92 Å². The van der Waals surface area contributed by atoms with Gasteiger partial charge in [0, 0.05) is 18.6 Å². The molecule has 94 valence electrons. The summed E-state index contributed by atoms with van der Waals surface area (Å²) in [5, 5.41) is 8.53. The maximum absolute atomic E-state index is 10.4. The summed E-state index contributed by atoms with van der Waals surface area (Å²) in [4.78, 5) is 22.6. The van der Waals surface area contributed by atoms with Crippen LogP contribution in [0.5, 0.6) is 0 Å². The van der Waals surface area contributed by atoms with Gasteiger partial charge < -0.3 is 10.1 Å². The SMILES string of the molecule is Cc1ncccc1C(=O)O.N=[N+]=N.c1c[nH]cn1. The highest BCUT2D eigenvalue weighted by Gasteiger charge is 2.04. The van der Waals surface area contributed by atoms with Crippen molar-refractivity contribution in [2.24, 2.45) is 0 Å². The fourth-order valence-electron chi connectivity index (χ4n) is 0.925. The van der Waals surface area contributed by atoms with E-state index in [0.717, 1.165) is 0 Å². The number of carbonyl (C=O) groups is 1. The number of H-pyrrole nitrogens is 1. The minimum absolute atomic E-state index is 0.266. The Morgan fingerprint density at radius 1 is 1.44 bits per heavy atom. The first-order valence-electron chi connectivity index (χ1n) is 4.74. The second kappa shape index (κ2) is 9.37. The van der Waals surface area contributed by atoms with Crippen LogP contribution in [0.15, 0.2) is 37.1 Å². The van der Waals surface area contributed by atoms with Gasteiger partial charge in [-0.15, -0.1) is 0 Å². The second-order valence-electron chi connectivity index (χ2n) is 2.81. The van der Waals surface area contributed by atoms with Crippen molar-refractivity contribution >= 4 is 5.97 Å². The van der Waals surface area contributed by atoms with E-state index < -0.39 is 5.97 Å². The standard InChI is InChI=1S/C7H7NO2.C3H4N2.H2N3/c1-5-6(7(9)10)3-2-4-8-5;1-2-5-3-4-1;1-3-2/h2-4H,1H3,(H,9,10);1-3H,(H,4,5);1-2H/q;;+1. The summed E-state index contributed by atoms with van der Waals surface area (Å²) in [5.74, 6) is -0.925. The van der Waals surface area contributed by atoms with E-state index in [1.807, 2.05) is 4.91 Å². The maximum atomic E-state index is 10.4. The number of hydrogen-bond donors (Lipinski definition) is 4. The molecule has 0 fully saturated rings. The first kappa shape index (κ1) is 15.1. The van der Waals surface area contributed by atoms with E-state index in [9.17, 15) is 4.79 Å². The van der Waals surface area contributed by atoms with Crippen molar-refractivity contribution in [1.29, 1.82) is 11.1 Å². The Labute approximate surface area is 103 Å². The summed E-state index contributed by atoms with van der Waals surface area (Å²) in [6.07, 6.45) is 6.65. The van der Waals surface area contributed by atoms with E-state index >= 15 is 0 Å². The van der Waals surface area contributed by atoms with Crippen molar-refractivity contribution < 1.29 is 9.90 Å². The Hall–Kier alpha value is -2.86. The van der Waals surface area contributed by atoms with Crippen molar-refractivity contribution in [3.05, 3.63) is 48.3 Å². The van der Waals surface area contributed by atoms with E-state index in [-0.39, 0.29) is 5.56 Å². The van der Waals surface area contributed by atoms with E-state index in [0.29, 0.717) is 5.69 Å². The van der Waals surface area contributed by atoms with Gasteiger partial charge in [-0.2, -0.15) is 0 Å². The predicted molar refractivity (Wildman–Crippen MR) is 62.1 cm³/mol. The Kier molecular flexibility index (Phi) is 7.88. The van der Waals surface area contributed by atoms with Crippen LogP contribution in [0.4, 0.5) is 0 Å². The number of aromatic carboxylic acids is 1. The molecule has 2 rings (SSSR count). The monoisotopic (exact) mass is 249 g/mol. The molecule has 0 aromatic carbocycles. The molecular weight excluding hydrogens is 236 g/mol. The third-order valence-corrected chi connectivity index (χ3v) is 1.64. The number of pyridine rings is 1. The number of carboxylic acids is 1. The number of nitrogens with zero attached hydrogens (tertiary/aromatic N) is 3. The Morgan fingerprint density at radius 3 is 2.39 bits per heavy atom. The molecule has 0 aliphatic heterocycles. The van der Waals surface area contributed by atoms with Crippen LogP contribution in [-0.2, 0) is 0 Å². The molecule has 8 nitrogen and oxygen atoms in total. The third kappa shape index (κ3) is 6.59. The molecule has 2 heterocycles. The predicted octanol–water partition coefficient (Wildman–Crippen LogP) is 1.61. The van der Waals surface area contributed by atoms with Crippen LogP contribution in [-0.4, -0.2) is 26.0 Å². The lowest BCUT2D eigenvalue weighted by atomic mass is 10.2. The average Bonchev–Trinajstić information content (AvgIpc) is 2.89. The van der Waals surface area contributed by atoms with Gasteiger partial charge in [0.1, 0.15) is 11.1 Å². The van der Waals surface area contributed by atoms with Crippen LogP contribution in [0.3, 0.4) is 0 Å². The van der Waals surface area contributed by atoms with E-state index in [2.05, 4.69) is 15.0 Å². The van der Waals surface area contributed by atoms with Gasteiger partial charge in [-0.3, -0.25) is 4.98 Å². The molecular formula is C10H13N6O2+.